The molecule has 0 saturated carbocycles. The van der Waals surface area contributed by atoms with Gasteiger partial charge in [0.2, 0.25) is 0 Å². The van der Waals surface area contributed by atoms with Gasteiger partial charge in [-0.3, -0.25) is 0 Å². The Morgan fingerprint density at radius 1 is 1.19 bits per heavy atom. The second-order valence-electron chi connectivity index (χ2n) is 7.32. The van der Waals surface area contributed by atoms with Gasteiger partial charge in [-0.2, -0.15) is 0 Å². The molecule has 1 aromatic rings. The van der Waals surface area contributed by atoms with Gasteiger partial charge in [-0.25, -0.2) is 14.5 Å². The number of nitrogens with zero attached hydrogens (tertiary/aromatic N) is 1. The van der Waals surface area contributed by atoms with Crippen molar-refractivity contribution in [2.75, 3.05) is 13.1 Å². The van der Waals surface area contributed by atoms with E-state index in [1.807, 2.05) is 24.3 Å². The molecule has 0 fully saturated rings. The van der Waals surface area contributed by atoms with Crippen molar-refractivity contribution in [3.05, 3.63) is 29.8 Å². The molecule has 26 heavy (non-hydrogen) atoms. The van der Waals surface area contributed by atoms with E-state index in [1.165, 1.54) is 0 Å². The fraction of sp³-hybridized carbons (Fsp3) is 0.579. The van der Waals surface area contributed by atoms with Gasteiger partial charge in [0.05, 0.1) is 0 Å². The maximum absolute atomic E-state index is 12.5. The van der Waals surface area contributed by atoms with Gasteiger partial charge < -0.3 is 20.5 Å². The van der Waals surface area contributed by atoms with Crippen LogP contribution in [-0.2, 0) is 4.74 Å². The van der Waals surface area contributed by atoms with Gasteiger partial charge in [-0.05, 0) is 45.2 Å². The summed E-state index contributed by atoms with van der Waals surface area (Å²) in [7, 11) is 0. The van der Waals surface area contributed by atoms with Crippen molar-refractivity contribution in [3.8, 4) is 5.75 Å². The molecule has 0 aliphatic carbocycles. The van der Waals surface area contributed by atoms with Gasteiger partial charge in [0, 0.05) is 13.1 Å². The smallest absolute Gasteiger partial charge is 0.418 e. The Bertz CT molecular complexity index is 611. The first-order valence-corrected chi connectivity index (χ1v) is 8.81. The third-order valence-electron chi connectivity index (χ3n) is 3.38. The normalized spacial score (nSPS) is 12.5. The first-order chi connectivity index (χ1) is 12.0. The molecule has 146 valence electrons. The summed E-state index contributed by atoms with van der Waals surface area (Å²) in [5.74, 6) is 0.975. The Balaban J connectivity index is 2.78. The minimum Gasteiger partial charge on any atom is -0.471 e. The lowest BCUT2D eigenvalue weighted by Gasteiger charge is -2.27. The average Bonchev–Trinajstić information content (AvgIpc) is 2.50. The van der Waals surface area contributed by atoms with Crippen LogP contribution in [0.25, 0.3) is 0 Å². The standard InChI is InChI=1S/C19H31N3O4/c1-13(2)15-9-7-8-10-16(15)25-14(3)21-17(23)22(12-11-20)18(24)26-19(4,5)6/h7-10,13-14H,11-12,20H2,1-6H3,(H,21,23). The molecule has 1 rings (SSSR count). The summed E-state index contributed by atoms with van der Waals surface area (Å²) < 4.78 is 11.1. The monoisotopic (exact) mass is 365 g/mol. The van der Waals surface area contributed by atoms with Crippen LogP contribution in [0.4, 0.5) is 9.59 Å². The lowest BCUT2D eigenvalue weighted by Crippen LogP contribution is -2.51. The molecule has 1 atom stereocenters. The zero-order valence-corrected chi connectivity index (χ0v) is 16.5. The Morgan fingerprint density at radius 3 is 2.35 bits per heavy atom. The molecule has 3 amide bonds. The molecule has 0 aliphatic heterocycles. The first-order valence-electron chi connectivity index (χ1n) is 8.81. The van der Waals surface area contributed by atoms with E-state index in [2.05, 4.69) is 19.2 Å². The van der Waals surface area contributed by atoms with E-state index in [0.29, 0.717) is 5.75 Å². The highest BCUT2D eigenvalue weighted by Gasteiger charge is 2.27. The lowest BCUT2D eigenvalue weighted by molar-refractivity contribution is 0.0314. The van der Waals surface area contributed by atoms with Gasteiger partial charge in [0.15, 0.2) is 6.23 Å². The van der Waals surface area contributed by atoms with Crippen molar-refractivity contribution in [1.82, 2.24) is 10.2 Å². The summed E-state index contributed by atoms with van der Waals surface area (Å²) >= 11 is 0. The summed E-state index contributed by atoms with van der Waals surface area (Å²) in [6, 6.07) is 7.03. The molecular weight excluding hydrogens is 334 g/mol. The third kappa shape index (κ3) is 6.92. The predicted octanol–water partition coefficient (Wildman–Crippen LogP) is 3.44. The zero-order chi connectivity index (χ0) is 19.9. The number of urea groups is 1. The van der Waals surface area contributed by atoms with E-state index in [9.17, 15) is 9.59 Å². The van der Waals surface area contributed by atoms with Crippen molar-refractivity contribution in [2.24, 2.45) is 5.73 Å². The SMILES string of the molecule is CC(NC(=O)N(CCN)C(=O)OC(C)(C)C)Oc1ccccc1C(C)C. The molecule has 0 spiro atoms. The van der Waals surface area contributed by atoms with Crippen molar-refractivity contribution < 1.29 is 19.1 Å². The van der Waals surface area contributed by atoms with Gasteiger partial charge in [-0.1, -0.05) is 32.0 Å². The number of hydrogen-bond donors (Lipinski definition) is 2. The van der Waals surface area contributed by atoms with E-state index >= 15 is 0 Å². The molecule has 0 aliphatic rings. The number of para-hydroxylation sites is 1. The van der Waals surface area contributed by atoms with E-state index in [1.54, 1.807) is 27.7 Å². The summed E-state index contributed by atoms with van der Waals surface area (Å²) in [5, 5.41) is 2.65. The second-order valence-corrected chi connectivity index (χ2v) is 7.32. The number of ether oxygens (including phenoxy) is 2. The van der Waals surface area contributed by atoms with Crippen LogP contribution >= 0.6 is 0 Å². The number of imide groups is 1. The van der Waals surface area contributed by atoms with Gasteiger partial charge in [0.1, 0.15) is 11.4 Å². The summed E-state index contributed by atoms with van der Waals surface area (Å²) in [6.45, 7) is 11.2. The van der Waals surface area contributed by atoms with Gasteiger partial charge in [-0.15, -0.1) is 0 Å². The molecule has 0 bridgehead atoms. The molecular formula is C19H31N3O4. The van der Waals surface area contributed by atoms with E-state index in [4.69, 9.17) is 15.2 Å². The van der Waals surface area contributed by atoms with Crippen LogP contribution < -0.4 is 15.8 Å². The molecule has 7 nitrogen and oxygen atoms in total. The number of rotatable bonds is 6. The van der Waals surface area contributed by atoms with Crippen LogP contribution in [0.2, 0.25) is 0 Å². The number of hydrogen-bond acceptors (Lipinski definition) is 5. The number of nitrogens with one attached hydrogen (secondary N) is 1. The quantitative estimate of drug-likeness (QED) is 0.753. The summed E-state index contributed by atoms with van der Waals surface area (Å²) in [6.07, 6.45) is -1.37. The summed E-state index contributed by atoms with van der Waals surface area (Å²) in [4.78, 5) is 25.6. The third-order valence-corrected chi connectivity index (χ3v) is 3.38. The molecule has 0 heterocycles. The first kappa shape index (κ1) is 21.8. The number of nitrogens with two attached hydrogens (primary N) is 1. The lowest BCUT2D eigenvalue weighted by atomic mass is 10.0. The van der Waals surface area contributed by atoms with Crippen LogP contribution in [0.1, 0.15) is 53.0 Å². The number of carbonyl (C=O) groups excluding carboxylic acids is 2. The van der Waals surface area contributed by atoms with Gasteiger partial charge in [0.25, 0.3) is 0 Å². The molecule has 1 unspecified atom stereocenters. The van der Waals surface area contributed by atoms with Crippen LogP contribution in [-0.4, -0.2) is 41.9 Å². The number of benzene rings is 1. The van der Waals surface area contributed by atoms with Gasteiger partial charge >= 0.3 is 12.1 Å². The Kier molecular flexibility index (Phi) is 7.89. The van der Waals surface area contributed by atoms with E-state index < -0.39 is 24.0 Å². The predicted molar refractivity (Wildman–Crippen MR) is 101 cm³/mol. The summed E-state index contributed by atoms with van der Waals surface area (Å²) in [5.41, 5.74) is 5.85. The molecule has 7 heteroatoms. The molecule has 0 aromatic heterocycles. The fourth-order valence-corrected chi connectivity index (χ4v) is 2.26. The fourth-order valence-electron chi connectivity index (χ4n) is 2.26. The van der Waals surface area contributed by atoms with Crippen LogP contribution in [0.5, 0.6) is 5.75 Å². The zero-order valence-electron chi connectivity index (χ0n) is 16.5. The molecule has 1 aromatic carbocycles. The van der Waals surface area contributed by atoms with E-state index in [0.717, 1.165) is 10.5 Å². The van der Waals surface area contributed by atoms with Crippen molar-refractivity contribution in [1.29, 1.82) is 0 Å². The van der Waals surface area contributed by atoms with E-state index in [-0.39, 0.29) is 19.0 Å². The highest BCUT2D eigenvalue weighted by atomic mass is 16.6. The van der Waals surface area contributed by atoms with Crippen LogP contribution in [0.3, 0.4) is 0 Å². The highest BCUT2D eigenvalue weighted by molar-refractivity contribution is 5.91. The maximum Gasteiger partial charge on any atom is 0.418 e. The number of carbonyl (C=O) groups is 2. The Morgan fingerprint density at radius 2 is 1.81 bits per heavy atom. The average molecular weight is 365 g/mol. The second kappa shape index (κ2) is 9.43. The maximum atomic E-state index is 12.5. The minimum atomic E-state index is -0.741. The molecule has 3 N–H and O–H groups in total. The Hall–Kier alpha value is -2.28. The topological polar surface area (TPSA) is 93.9 Å². The van der Waals surface area contributed by atoms with Crippen LogP contribution in [0, 0.1) is 0 Å². The Labute approximate surface area is 155 Å². The van der Waals surface area contributed by atoms with Crippen LogP contribution in [0.15, 0.2) is 24.3 Å². The molecule has 0 radical (unpaired) electrons. The van der Waals surface area contributed by atoms with Crippen molar-refractivity contribution in [2.45, 2.75) is 59.3 Å². The van der Waals surface area contributed by atoms with Crippen molar-refractivity contribution in [3.63, 3.8) is 0 Å². The highest BCUT2D eigenvalue weighted by Crippen LogP contribution is 2.26. The number of amides is 3. The van der Waals surface area contributed by atoms with Crippen molar-refractivity contribution >= 4 is 12.1 Å². The largest absolute Gasteiger partial charge is 0.471 e. The molecule has 0 saturated heterocycles. The minimum absolute atomic E-state index is 0.0516.